The van der Waals surface area contributed by atoms with Crippen molar-refractivity contribution in [3.8, 4) is 0 Å². The summed E-state index contributed by atoms with van der Waals surface area (Å²) in [6, 6.07) is 3.99. The molecule has 6 nitrogen and oxygen atoms in total. The zero-order chi connectivity index (χ0) is 18.0. The molecule has 25 heavy (non-hydrogen) atoms. The molecule has 0 aromatic heterocycles. The average molecular weight is 345 g/mol. The number of piperidine rings is 2. The van der Waals surface area contributed by atoms with E-state index in [2.05, 4.69) is 23.6 Å². The molecule has 1 aromatic carbocycles. The number of anilines is 2. The van der Waals surface area contributed by atoms with E-state index in [4.69, 9.17) is 0 Å². The molecule has 0 saturated carbocycles. The number of benzene rings is 1. The second-order valence-electron chi connectivity index (χ2n) is 7.35. The van der Waals surface area contributed by atoms with Gasteiger partial charge in [-0.1, -0.05) is 0 Å². The van der Waals surface area contributed by atoms with Gasteiger partial charge in [0.15, 0.2) is 6.29 Å². The van der Waals surface area contributed by atoms with Gasteiger partial charge in [-0.15, -0.1) is 0 Å². The number of hydrogen-bond donors (Lipinski definition) is 0. The van der Waals surface area contributed by atoms with Crippen molar-refractivity contribution in [2.24, 2.45) is 0 Å². The van der Waals surface area contributed by atoms with Crippen molar-refractivity contribution in [3.63, 3.8) is 0 Å². The van der Waals surface area contributed by atoms with E-state index in [-0.39, 0.29) is 16.7 Å². The Bertz CT molecular complexity index is 662. The summed E-state index contributed by atoms with van der Waals surface area (Å²) in [5.74, 6) is 0. The second-order valence-corrected chi connectivity index (χ2v) is 7.35. The minimum Gasteiger partial charge on any atom is -0.368 e. The SMILES string of the molecule is C[C@@H]1CCCCN1c1cc(N2CCCC[C@@H]2C)c([N+](=O)[O-])cc1C=O. The van der Waals surface area contributed by atoms with Crippen LogP contribution in [-0.4, -0.2) is 36.4 Å². The largest absolute Gasteiger partial charge is 0.368 e. The molecule has 1 aromatic rings. The Morgan fingerprint density at radius 3 is 2.04 bits per heavy atom. The third-order valence-electron chi connectivity index (χ3n) is 5.67. The van der Waals surface area contributed by atoms with Gasteiger partial charge in [-0.3, -0.25) is 14.9 Å². The lowest BCUT2D eigenvalue weighted by atomic mass is 9.98. The topological polar surface area (TPSA) is 66.7 Å². The highest BCUT2D eigenvalue weighted by Gasteiger charge is 2.30. The predicted octanol–water partition coefficient (Wildman–Crippen LogP) is 4.16. The molecule has 0 bridgehead atoms. The molecule has 0 unspecified atom stereocenters. The van der Waals surface area contributed by atoms with Crippen molar-refractivity contribution < 1.29 is 9.72 Å². The molecule has 2 saturated heterocycles. The molecule has 0 radical (unpaired) electrons. The van der Waals surface area contributed by atoms with E-state index in [1.807, 2.05) is 6.07 Å². The van der Waals surface area contributed by atoms with Crippen LogP contribution in [0.3, 0.4) is 0 Å². The van der Waals surface area contributed by atoms with E-state index < -0.39 is 0 Å². The van der Waals surface area contributed by atoms with Crippen LogP contribution >= 0.6 is 0 Å². The molecule has 6 heteroatoms. The van der Waals surface area contributed by atoms with E-state index in [0.717, 1.165) is 57.2 Å². The maximum atomic E-state index is 11.6. The molecule has 2 heterocycles. The number of nitro benzene ring substituents is 1. The highest BCUT2D eigenvalue weighted by atomic mass is 16.6. The van der Waals surface area contributed by atoms with Gasteiger partial charge < -0.3 is 9.80 Å². The highest BCUT2D eigenvalue weighted by Crippen LogP contribution is 2.39. The fourth-order valence-electron chi connectivity index (χ4n) is 4.21. The summed E-state index contributed by atoms with van der Waals surface area (Å²) in [7, 11) is 0. The number of nitro groups is 1. The Hall–Kier alpha value is -2.11. The number of aldehydes is 1. The van der Waals surface area contributed by atoms with Gasteiger partial charge in [0, 0.05) is 36.8 Å². The van der Waals surface area contributed by atoms with Crippen LogP contribution in [0, 0.1) is 10.1 Å². The van der Waals surface area contributed by atoms with Crippen molar-refractivity contribution in [2.75, 3.05) is 22.9 Å². The fraction of sp³-hybridized carbons (Fsp3) is 0.632. The maximum absolute atomic E-state index is 11.6. The Balaban J connectivity index is 2.10. The van der Waals surface area contributed by atoms with Gasteiger partial charge in [-0.2, -0.15) is 0 Å². The van der Waals surface area contributed by atoms with Crippen LogP contribution in [-0.2, 0) is 0 Å². The highest BCUT2D eigenvalue weighted by molar-refractivity contribution is 5.90. The van der Waals surface area contributed by atoms with Gasteiger partial charge in [-0.05, 0) is 58.4 Å². The number of carbonyl (C=O) groups excluding carboxylic acids is 1. The fourth-order valence-corrected chi connectivity index (χ4v) is 4.21. The quantitative estimate of drug-likeness (QED) is 0.465. The lowest BCUT2D eigenvalue weighted by molar-refractivity contribution is -0.384. The first-order valence-electron chi connectivity index (χ1n) is 9.34. The van der Waals surface area contributed by atoms with E-state index >= 15 is 0 Å². The summed E-state index contributed by atoms with van der Waals surface area (Å²) < 4.78 is 0. The minimum absolute atomic E-state index is 0.0456. The third kappa shape index (κ3) is 3.48. The Labute approximate surface area is 148 Å². The normalized spacial score (nSPS) is 24.2. The smallest absolute Gasteiger partial charge is 0.293 e. The van der Waals surface area contributed by atoms with Gasteiger partial charge in [0.05, 0.1) is 10.6 Å². The van der Waals surface area contributed by atoms with Crippen LogP contribution < -0.4 is 9.80 Å². The average Bonchev–Trinajstić information content (AvgIpc) is 2.61. The molecule has 0 spiro atoms. The lowest BCUT2D eigenvalue weighted by Crippen LogP contribution is -2.40. The summed E-state index contributed by atoms with van der Waals surface area (Å²) in [5, 5.41) is 11.6. The number of hydrogen-bond acceptors (Lipinski definition) is 5. The maximum Gasteiger partial charge on any atom is 0.293 e. The summed E-state index contributed by atoms with van der Waals surface area (Å²) in [5.41, 5.74) is 1.98. The molecular weight excluding hydrogens is 318 g/mol. The van der Waals surface area contributed by atoms with Gasteiger partial charge >= 0.3 is 0 Å². The molecule has 2 fully saturated rings. The summed E-state index contributed by atoms with van der Waals surface area (Å²) >= 11 is 0. The van der Waals surface area contributed by atoms with E-state index in [1.165, 1.54) is 12.5 Å². The molecule has 0 N–H and O–H groups in total. The van der Waals surface area contributed by atoms with Crippen LogP contribution in [0.4, 0.5) is 17.1 Å². The zero-order valence-electron chi connectivity index (χ0n) is 15.1. The number of nitrogens with zero attached hydrogens (tertiary/aromatic N) is 3. The van der Waals surface area contributed by atoms with Gasteiger partial charge in [0.2, 0.25) is 0 Å². The standard InChI is InChI=1S/C19H27N3O3/c1-14-7-3-5-9-20(14)17-12-18(21-10-6-4-8-15(21)2)19(22(24)25)11-16(17)13-23/h11-15H,3-10H2,1-2H3/t14-,15+/m1/s1. The van der Waals surface area contributed by atoms with Gasteiger partial charge in [0.25, 0.3) is 5.69 Å². The summed E-state index contributed by atoms with van der Waals surface area (Å²) in [6.45, 7) is 6.02. The number of carbonyl (C=O) groups is 1. The summed E-state index contributed by atoms with van der Waals surface area (Å²) in [4.78, 5) is 27.3. The molecule has 0 amide bonds. The van der Waals surface area contributed by atoms with Crippen LogP contribution in [0.2, 0.25) is 0 Å². The summed E-state index contributed by atoms with van der Waals surface area (Å²) in [6.07, 6.45) is 7.38. The van der Waals surface area contributed by atoms with Gasteiger partial charge in [0.1, 0.15) is 5.69 Å². The first-order valence-corrected chi connectivity index (χ1v) is 9.34. The molecule has 2 aliphatic rings. The monoisotopic (exact) mass is 345 g/mol. The lowest BCUT2D eigenvalue weighted by Gasteiger charge is -2.38. The Kier molecular flexibility index (Phi) is 5.25. The van der Waals surface area contributed by atoms with E-state index in [1.54, 1.807) is 0 Å². The molecule has 136 valence electrons. The van der Waals surface area contributed by atoms with Crippen LogP contribution in [0.5, 0.6) is 0 Å². The Morgan fingerprint density at radius 2 is 1.56 bits per heavy atom. The van der Waals surface area contributed by atoms with E-state index in [9.17, 15) is 14.9 Å². The first kappa shape index (κ1) is 17.7. The minimum atomic E-state index is -0.354. The van der Waals surface area contributed by atoms with Crippen LogP contribution in [0.15, 0.2) is 12.1 Å². The molecule has 3 rings (SSSR count). The number of rotatable bonds is 4. The molecule has 0 aliphatic carbocycles. The third-order valence-corrected chi connectivity index (χ3v) is 5.67. The first-order chi connectivity index (χ1) is 12.0. The van der Waals surface area contributed by atoms with E-state index in [0.29, 0.717) is 17.3 Å². The Morgan fingerprint density at radius 1 is 1.00 bits per heavy atom. The van der Waals surface area contributed by atoms with Crippen molar-refractivity contribution >= 4 is 23.3 Å². The van der Waals surface area contributed by atoms with Crippen LogP contribution in [0.25, 0.3) is 0 Å². The van der Waals surface area contributed by atoms with Gasteiger partial charge in [-0.25, -0.2) is 0 Å². The van der Waals surface area contributed by atoms with Crippen LogP contribution in [0.1, 0.15) is 62.7 Å². The zero-order valence-corrected chi connectivity index (χ0v) is 15.1. The predicted molar refractivity (Wildman–Crippen MR) is 99.8 cm³/mol. The van der Waals surface area contributed by atoms with Crippen molar-refractivity contribution in [2.45, 2.75) is 64.5 Å². The molecule has 2 aliphatic heterocycles. The molecular formula is C19H27N3O3. The van der Waals surface area contributed by atoms with Crippen molar-refractivity contribution in [3.05, 3.63) is 27.8 Å². The van der Waals surface area contributed by atoms with Crippen molar-refractivity contribution in [1.29, 1.82) is 0 Å². The second kappa shape index (κ2) is 7.42. The molecule has 2 atom stereocenters. The van der Waals surface area contributed by atoms with Crippen molar-refractivity contribution in [1.82, 2.24) is 0 Å².